The molecule has 3 heterocycles. The highest BCUT2D eigenvalue weighted by molar-refractivity contribution is 5.89. The van der Waals surface area contributed by atoms with Gasteiger partial charge in [0, 0.05) is 58.2 Å². The Balaban J connectivity index is 1.94. The second kappa shape index (κ2) is 13.3. The van der Waals surface area contributed by atoms with Gasteiger partial charge in [-0.2, -0.15) is 10.2 Å². The number of nitrogens with one attached hydrogen (secondary N) is 1. The molecule has 2 amide bonds. The summed E-state index contributed by atoms with van der Waals surface area (Å²) < 4.78 is 5.17. The smallest absolute Gasteiger partial charge is 0.249 e. The molecular formula is C26H39N7O3. The summed E-state index contributed by atoms with van der Waals surface area (Å²) in [5.41, 5.74) is 0.675. The lowest BCUT2D eigenvalue weighted by Crippen LogP contribution is -2.47. The highest BCUT2D eigenvalue weighted by atomic mass is 16.5. The van der Waals surface area contributed by atoms with Gasteiger partial charge in [0.15, 0.2) is 11.7 Å². The third-order valence-electron chi connectivity index (χ3n) is 6.56. The van der Waals surface area contributed by atoms with Crippen molar-refractivity contribution in [1.29, 1.82) is 0 Å². The second-order valence-corrected chi connectivity index (χ2v) is 9.49. The molecule has 0 aromatic carbocycles. The Morgan fingerprint density at radius 3 is 2.64 bits per heavy atom. The molecule has 196 valence electrons. The molecule has 2 aliphatic heterocycles. The summed E-state index contributed by atoms with van der Waals surface area (Å²) >= 11 is 0. The van der Waals surface area contributed by atoms with E-state index >= 15 is 0 Å². The van der Waals surface area contributed by atoms with Gasteiger partial charge in [-0.1, -0.05) is 13.3 Å². The molecule has 0 saturated carbocycles. The van der Waals surface area contributed by atoms with Gasteiger partial charge < -0.3 is 19.9 Å². The van der Waals surface area contributed by atoms with Crippen LogP contribution in [0.2, 0.25) is 0 Å². The van der Waals surface area contributed by atoms with E-state index in [0.29, 0.717) is 37.4 Å². The van der Waals surface area contributed by atoms with Gasteiger partial charge in [0.25, 0.3) is 0 Å². The first-order valence-corrected chi connectivity index (χ1v) is 13.0. The topological polar surface area (TPSA) is 112 Å². The summed E-state index contributed by atoms with van der Waals surface area (Å²) in [6.45, 7) is 6.36. The lowest BCUT2D eigenvalue weighted by Gasteiger charge is -2.32. The van der Waals surface area contributed by atoms with E-state index < -0.39 is 11.7 Å². The number of aromatic nitrogens is 2. The van der Waals surface area contributed by atoms with Gasteiger partial charge in [-0.25, -0.2) is 9.97 Å². The standard InChI is InChI=1S/C26H39N7O3/c1-5-7-12-26(30-31-26)13-17-33(22(34)19-36-4)23(24(35)27-14-8-6-2)21-18-20(3)28-25(29-21)32-15-10-9-11-16-32/h1,18,23H,6-17,19H2,2-4H3,(H,27,35). The SMILES string of the molecule is C#CCCC1(CCN(C(=O)COC)C(C(=O)NCCCC)c2cc(C)nc(N3CCCCC3)n2)N=N1. The Bertz CT molecular complexity index is 963. The van der Waals surface area contributed by atoms with Gasteiger partial charge in [-0.05, 0) is 38.7 Å². The van der Waals surface area contributed by atoms with E-state index in [0.717, 1.165) is 44.5 Å². The molecule has 10 heteroatoms. The Kier molecular flexibility index (Phi) is 10.2. The number of ether oxygens (including phenoxy) is 1. The molecule has 0 aliphatic carbocycles. The Hall–Kier alpha value is -3.06. The van der Waals surface area contributed by atoms with Crippen molar-refractivity contribution in [2.24, 2.45) is 10.2 Å². The van der Waals surface area contributed by atoms with Gasteiger partial charge in [0.1, 0.15) is 6.61 Å². The van der Waals surface area contributed by atoms with Crippen LogP contribution in [0.1, 0.15) is 75.7 Å². The van der Waals surface area contributed by atoms with Gasteiger partial charge >= 0.3 is 0 Å². The first-order chi connectivity index (χ1) is 17.4. The zero-order chi connectivity index (χ0) is 26.0. The van der Waals surface area contributed by atoms with E-state index in [1.807, 2.05) is 6.92 Å². The van der Waals surface area contributed by atoms with Crippen LogP contribution in [0, 0.1) is 19.3 Å². The summed E-state index contributed by atoms with van der Waals surface area (Å²) in [6.07, 6.45) is 12.2. The van der Waals surface area contributed by atoms with Crippen molar-refractivity contribution >= 4 is 17.8 Å². The number of anilines is 1. The lowest BCUT2D eigenvalue weighted by molar-refractivity contribution is -0.144. The fraction of sp³-hybridized carbons (Fsp3) is 0.692. The Morgan fingerprint density at radius 1 is 1.25 bits per heavy atom. The number of rotatable bonds is 14. The number of nitrogens with zero attached hydrogens (tertiary/aromatic N) is 6. The predicted molar refractivity (Wildman–Crippen MR) is 137 cm³/mol. The van der Waals surface area contributed by atoms with Gasteiger partial charge in [-0.3, -0.25) is 9.59 Å². The Labute approximate surface area is 214 Å². The van der Waals surface area contributed by atoms with Crippen LogP contribution in [0.25, 0.3) is 0 Å². The maximum Gasteiger partial charge on any atom is 0.249 e. The van der Waals surface area contributed by atoms with E-state index in [1.54, 1.807) is 11.0 Å². The number of unbranched alkanes of at least 4 members (excludes halogenated alkanes) is 1. The molecule has 1 aromatic heterocycles. The minimum Gasteiger partial charge on any atom is -0.375 e. The highest BCUT2D eigenvalue weighted by Crippen LogP contribution is 2.37. The van der Waals surface area contributed by atoms with Gasteiger partial charge in [0.05, 0.1) is 5.69 Å². The molecule has 0 radical (unpaired) electrons. The zero-order valence-electron chi connectivity index (χ0n) is 21.8. The minimum absolute atomic E-state index is 0.145. The van der Waals surface area contributed by atoms with E-state index in [1.165, 1.54) is 13.5 Å². The normalized spacial score (nSPS) is 16.8. The number of carbonyl (C=O) groups excluding carboxylic acids is 2. The minimum atomic E-state index is -0.918. The molecule has 1 unspecified atom stereocenters. The van der Waals surface area contributed by atoms with Crippen molar-refractivity contribution in [1.82, 2.24) is 20.2 Å². The van der Waals surface area contributed by atoms with E-state index in [2.05, 4.69) is 38.3 Å². The van der Waals surface area contributed by atoms with E-state index in [4.69, 9.17) is 16.1 Å². The van der Waals surface area contributed by atoms with Crippen LogP contribution in [0.15, 0.2) is 16.3 Å². The van der Waals surface area contributed by atoms with Crippen LogP contribution in [-0.2, 0) is 14.3 Å². The molecule has 0 spiro atoms. The summed E-state index contributed by atoms with van der Waals surface area (Å²) in [5.74, 6) is 2.67. The molecule has 1 aromatic rings. The molecule has 1 saturated heterocycles. The van der Waals surface area contributed by atoms with Crippen molar-refractivity contribution in [2.45, 2.75) is 76.9 Å². The number of carbonyl (C=O) groups is 2. The van der Waals surface area contributed by atoms with E-state index in [-0.39, 0.29) is 25.0 Å². The van der Waals surface area contributed by atoms with Crippen molar-refractivity contribution in [3.8, 4) is 12.3 Å². The summed E-state index contributed by atoms with van der Waals surface area (Å²) in [5, 5.41) is 11.4. The predicted octanol–water partition coefficient (Wildman–Crippen LogP) is 3.17. The summed E-state index contributed by atoms with van der Waals surface area (Å²) in [6, 6.07) is 0.878. The molecule has 10 nitrogen and oxygen atoms in total. The number of methoxy groups -OCH3 is 1. The Morgan fingerprint density at radius 2 is 2.00 bits per heavy atom. The average molecular weight is 498 g/mol. The fourth-order valence-corrected chi connectivity index (χ4v) is 4.44. The maximum atomic E-state index is 13.6. The van der Waals surface area contributed by atoms with E-state index in [9.17, 15) is 9.59 Å². The highest BCUT2D eigenvalue weighted by Gasteiger charge is 2.42. The van der Waals surface area contributed by atoms with Gasteiger partial charge in [-0.15, -0.1) is 12.3 Å². The van der Waals surface area contributed by atoms with Crippen LogP contribution in [0.4, 0.5) is 5.95 Å². The monoisotopic (exact) mass is 497 g/mol. The third-order valence-corrected chi connectivity index (χ3v) is 6.56. The lowest BCUT2D eigenvalue weighted by atomic mass is 10.0. The van der Waals surface area contributed by atoms with Crippen LogP contribution >= 0.6 is 0 Å². The molecule has 1 atom stereocenters. The number of hydrogen-bond donors (Lipinski definition) is 1. The quantitative estimate of drug-likeness (QED) is 0.312. The zero-order valence-corrected chi connectivity index (χ0v) is 21.8. The van der Waals surface area contributed by atoms with Crippen molar-refractivity contribution in [3.63, 3.8) is 0 Å². The molecule has 1 N–H and O–H groups in total. The maximum absolute atomic E-state index is 13.6. The van der Waals surface area contributed by atoms with Crippen molar-refractivity contribution in [3.05, 3.63) is 17.5 Å². The van der Waals surface area contributed by atoms with Gasteiger partial charge in [0.2, 0.25) is 17.8 Å². The molecule has 0 bridgehead atoms. The largest absolute Gasteiger partial charge is 0.375 e. The molecular weight excluding hydrogens is 458 g/mol. The van der Waals surface area contributed by atoms with Crippen molar-refractivity contribution in [2.75, 3.05) is 44.8 Å². The number of aryl methyl sites for hydroxylation is 1. The first kappa shape index (κ1) is 27.5. The number of terminal acetylenes is 1. The van der Waals surface area contributed by atoms with Crippen molar-refractivity contribution < 1.29 is 14.3 Å². The number of amides is 2. The van der Waals surface area contributed by atoms with Crippen LogP contribution in [-0.4, -0.2) is 72.2 Å². The second-order valence-electron chi connectivity index (χ2n) is 9.49. The molecule has 1 fully saturated rings. The van der Waals surface area contributed by atoms with Crippen LogP contribution in [0.3, 0.4) is 0 Å². The molecule has 3 rings (SSSR count). The number of hydrogen-bond acceptors (Lipinski definition) is 8. The molecule has 2 aliphatic rings. The number of piperidine rings is 1. The van der Waals surface area contributed by atoms with Crippen LogP contribution < -0.4 is 10.2 Å². The summed E-state index contributed by atoms with van der Waals surface area (Å²) in [7, 11) is 1.47. The fourth-order valence-electron chi connectivity index (χ4n) is 4.44. The first-order valence-electron chi connectivity index (χ1n) is 13.0. The van der Waals surface area contributed by atoms with Crippen LogP contribution in [0.5, 0.6) is 0 Å². The third kappa shape index (κ3) is 7.47. The molecule has 36 heavy (non-hydrogen) atoms. The summed E-state index contributed by atoms with van der Waals surface area (Å²) in [4.78, 5) is 40.1. The average Bonchev–Trinajstić information content (AvgIpc) is 3.65.